The molecule has 1 saturated carbocycles. The number of carbonyl (C=O) groups is 1. The van der Waals surface area contributed by atoms with E-state index in [4.69, 9.17) is 11.6 Å². The fourth-order valence-corrected chi connectivity index (χ4v) is 3.51. The van der Waals surface area contributed by atoms with E-state index < -0.39 is 0 Å². The van der Waals surface area contributed by atoms with Crippen LogP contribution in [0.3, 0.4) is 0 Å². The molecule has 1 aliphatic carbocycles. The first-order valence-corrected chi connectivity index (χ1v) is 8.74. The number of hydrogen-bond donors (Lipinski definition) is 2. The summed E-state index contributed by atoms with van der Waals surface area (Å²) in [4.78, 5) is 19.1. The molecule has 6 heteroatoms. The third-order valence-corrected chi connectivity index (χ3v) is 5.14. The van der Waals surface area contributed by atoms with Crippen LogP contribution >= 0.6 is 11.6 Å². The number of carbonyl (C=O) groups excluding carboxylic acids is 1. The molecular weight excluding hydrogens is 312 g/mol. The Labute approximate surface area is 142 Å². The van der Waals surface area contributed by atoms with Crippen LogP contribution in [-0.2, 0) is 4.79 Å². The molecule has 0 radical (unpaired) electrons. The van der Waals surface area contributed by atoms with Crippen LogP contribution in [0.25, 0.3) is 0 Å². The van der Waals surface area contributed by atoms with Gasteiger partial charge in [0, 0.05) is 25.7 Å². The van der Waals surface area contributed by atoms with Gasteiger partial charge in [0.1, 0.15) is 11.0 Å². The summed E-state index contributed by atoms with van der Waals surface area (Å²) in [6.45, 7) is 3.84. The quantitative estimate of drug-likeness (QED) is 0.809. The molecule has 0 bridgehead atoms. The molecule has 1 amide bonds. The van der Waals surface area contributed by atoms with Crippen LogP contribution in [0.5, 0.6) is 0 Å². The Kier molecular flexibility index (Phi) is 4.78. The van der Waals surface area contributed by atoms with Crippen LogP contribution < -0.4 is 15.5 Å². The Morgan fingerprint density at radius 2 is 2.30 bits per heavy atom. The number of pyridine rings is 1. The Morgan fingerprint density at radius 3 is 2.96 bits per heavy atom. The Balaban J connectivity index is 1.59. The molecule has 126 valence electrons. The van der Waals surface area contributed by atoms with E-state index in [0.29, 0.717) is 23.8 Å². The summed E-state index contributed by atoms with van der Waals surface area (Å²) in [7, 11) is 1.97. The van der Waals surface area contributed by atoms with Crippen LogP contribution in [0.4, 0.5) is 5.82 Å². The van der Waals surface area contributed by atoms with Gasteiger partial charge in [-0.05, 0) is 51.3 Å². The van der Waals surface area contributed by atoms with Crippen molar-refractivity contribution >= 4 is 23.3 Å². The lowest BCUT2D eigenvalue weighted by Crippen LogP contribution is -2.50. The Hall–Kier alpha value is -1.33. The molecule has 2 fully saturated rings. The minimum Gasteiger partial charge on any atom is -0.359 e. The standard InChI is InChI=1S/C17H25ClN4O/c1-12-10-13(6-9-19-12)20-16(23)17(7-8-17)11-22(2)15-5-3-4-14(18)21-15/h3-5,12-13,19H,6-11H2,1-2H3,(H,20,23)/t12-,13-/m1/s1. The van der Waals surface area contributed by atoms with Crippen molar-refractivity contribution in [3.63, 3.8) is 0 Å². The summed E-state index contributed by atoms with van der Waals surface area (Å²) >= 11 is 5.96. The number of hydrogen-bond acceptors (Lipinski definition) is 4. The van der Waals surface area contributed by atoms with Crippen LogP contribution in [0.2, 0.25) is 5.15 Å². The third kappa shape index (κ3) is 3.96. The van der Waals surface area contributed by atoms with Gasteiger partial charge in [0.2, 0.25) is 5.91 Å². The van der Waals surface area contributed by atoms with Gasteiger partial charge >= 0.3 is 0 Å². The maximum Gasteiger partial charge on any atom is 0.228 e. The first kappa shape index (κ1) is 16.5. The van der Waals surface area contributed by atoms with Gasteiger partial charge < -0.3 is 15.5 Å². The van der Waals surface area contributed by atoms with Crippen LogP contribution in [0, 0.1) is 5.41 Å². The zero-order valence-corrected chi connectivity index (χ0v) is 14.6. The number of nitrogens with zero attached hydrogens (tertiary/aromatic N) is 2. The van der Waals surface area contributed by atoms with Crippen LogP contribution in [0.1, 0.15) is 32.6 Å². The van der Waals surface area contributed by atoms with Crippen molar-refractivity contribution < 1.29 is 4.79 Å². The molecule has 1 aromatic heterocycles. The summed E-state index contributed by atoms with van der Waals surface area (Å²) in [6.07, 6.45) is 3.92. The minimum absolute atomic E-state index is 0.200. The molecule has 2 aliphatic rings. The molecule has 3 rings (SSSR count). The van der Waals surface area contributed by atoms with Crippen molar-refractivity contribution in [2.24, 2.45) is 5.41 Å². The highest BCUT2D eigenvalue weighted by Gasteiger charge is 2.51. The summed E-state index contributed by atoms with van der Waals surface area (Å²) in [5.74, 6) is 1.01. The highest BCUT2D eigenvalue weighted by Crippen LogP contribution is 2.47. The number of rotatable bonds is 5. The maximum absolute atomic E-state index is 12.7. The van der Waals surface area contributed by atoms with Crippen molar-refractivity contribution in [2.75, 3.05) is 25.0 Å². The summed E-state index contributed by atoms with van der Waals surface area (Å²) in [6, 6.07) is 6.34. The zero-order valence-electron chi connectivity index (χ0n) is 13.8. The van der Waals surface area contributed by atoms with Crippen molar-refractivity contribution in [1.29, 1.82) is 0 Å². The minimum atomic E-state index is -0.257. The largest absolute Gasteiger partial charge is 0.359 e. The van der Waals surface area contributed by atoms with Gasteiger partial charge in [0.15, 0.2) is 0 Å². The first-order chi connectivity index (χ1) is 11.0. The molecule has 2 heterocycles. The number of piperidine rings is 1. The molecule has 0 spiro atoms. The van der Waals surface area contributed by atoms with E-state index in [9.17, 15) is 4.79 Å². The maximum atomic E-state index is 12.7. The topological polar surface area (TPSA) is 57.3 Å². The second-order valence-corrected chi connectivity index (χ2v) is 7.39. The lowest BCUT2D eigenvalue weighted by atomic mass is 9.98. The molecule has 1 aromatic rings. The van der Waals surface area contributed by atoms with Crippen LogP contribution in [-0.4, -0.2) is 43.1 Å². The predicted octanol–water partition coefficient (Wildman–Crippen LogP) is 2.21. The van der Waals surface area contributed by atoms with Gasteiger partial charge in [-0.3, -0.25) is 4.79 Å². The fraction of sp³-hybridized carbons (Fsp3) is 0.647. The SMILES string of the molecule is C[C@@H]1C[C@H](NC(=O)C2(CN(C)c3cccc(Cl)n3)CC2)CCN1. The zero-order chi connectivity index (χ0) is 16.4. The van der Waals surface area contributed by atoms with Gasteiger partial charge in [0.25, 0.3) is 0 Å². The average Bonchev–Trinajstić information content (AvgIpc) is 3.28. The van der Waals surface area contributed by atoms with Crippen molar-refractivity contribution in [3.8, 4) is 0 Å². The van der Waals surface area contributed by atoms with Crippen molar-refractivity contribution in [1.82, 2.24) is 15.6 Å². The van der Waals surface area contributed by atoms with Crippen LogP contribution in [0.15, 0.2) is 18.2 Å². The van der Waals surface area contributed by atoms with E-state index in [2.05, 4.69) is 22.5 Å². The molecule has 23 heavy (non-hydrogen) atoms. The van der Waals surface area contributed by atoms with E-state index >= 15 is 0 Å². The van der Waals surface area contributed by atoms with Gasteiger partial charge in [-0.15, -0.1) is 0 Å². The monoisotopic (exact) mass is 336 g/mol. The molecule has 5 nitrogen and oxygen atoms in total. The molecule has 0 aromatic carbocycles. The van der Waals surface area contributed by atoms with E-state index in [1.54, 1.807) is 6.07 Å². The lowest BCUT2D eigenvalue weighted by molar-refractivity contribution is -0.127. The summed E-state index contributed by atoms with van der Waals surface area (Å²) in [5.41, 5.74) is -0.257. The third-order valence-electron chi connectivity index (χ3n) is 4.93. The lowest BCUT2D eigenvalue weighted by Gasteiger charge is -2.31. The van der Waals surface area contributed by atoms with Gasteiger partial charge in [-0.1, -0.05) is 17.7 Å². The Morgan fingerprint density at radius 1 is 1.52 bits per heavy atom. The Bertz CT molecular complexity index is 575. The van der Waals surface area contributed by atoms with Crippen molar-refractivity contribution in [2.45, 2.75) is 44.7 Å². The smallest absolute Gasteiger partial charge is 0.228 e. The van der Waals surface area contributed by atoms with E-state index in [1.165, 1.54) is 0 Å². The van der Waals surface area contributed by atoms with E-state index in [-0.39, 0.29) is 11.3 Å². The normalized spacial score (nSPS) is 25.7. The molecule has 2 N–H and O–H groups in total. The molecule has 2 atom stereocenters. The first-order valence-electron chi connectivity index (χ1n) is 8.37. The summed E-state index contributed by atoms with van der Waals surface area (Å²) < 4.78 is 0. The number of halogens is 1. The number of anilines is 1. The van der Waals surface area contributed by atoms with E-state index in [0.717, 1.165) is 38.0 Å². The second-order valence-electron chi connectivity index (χ2n) is 7.00. The number of aromatic nitrogens is 1. The highest BCUT2D eigenvalue weighted by atomic mass is 35.5. The molecule has 0 unspecified atom stereocenters. The molecule has 1 saturated heterocycles. The van der Waals surface area contributed by atoms with Crippen molar-refractivity contribution in [3.05, 3.63) is 23.4 Å². The predicted molar refractivity (Wildman–Crippen MR) is 92.8 cm³/mol. The number of nitrogens with one attached hydrogen (secondary N) is 2. The highest BCUT2D eigenvalue weighted by molar-refractivity contribution is 6.29. The average molecular weight is 337 g/mol. The van der Waals surface area contributed by atoms with E-state index in [1.807, 2.05) is 24.1 Å². The van der Waals surface area contributed by atoms with Gasteiger partial charge in [-0.2, -0.15) is 0 Å². The second kappa shape index (κ2) is 6.65. The van der Waals surface area contributed by atoms with Gasteiger partial charge in [-0.25, -0.2) is 4.98 Å². The summed E-state index contributed by atoms with van der Waals surface area (Å²) in [5, 5.41) is 7.17. The molecular formula is C17H25ClN4O. The molecule has 1 aliphatic heterocycles. The number of amides is 1. The fourth-order valence-electron chi connectivity index (χ4n) is 3.35. The van der Waals surface area contributed by atoms with Gasteiger partial charge in [0.05, 0.1) is 5.41 Å².